The Balaban J connectivity index is 1.66. The van der Waals surface area contributed by atoms with Gasteiger partial charge >= 0.3 is 5.97 Å². The van der Waals surface area contributed by atoms with Crippen molar-refractivity contribution < 1.29 is 23.4 Å². The van der Waals surface area contributed by atoms with Crippen LogP contribution in [0.1, 0.15) is 38.1 Å². The van der Waals surface area contributed by atoms with Gasteiger partial charge in [0, 0.05) is 22.9 Å². The Kier molecular flexibility index (Phi) is 9.35. The number of carbonyl (C=O) groups excluding carboxylic acids is 1. The maximum atomic E-state index is 14.0. The van der Waals surface area contributed by atoms with Gasteiger partial charge in [-0.25, -0.2) is 19.8 Å². The Morgan fingerprint density at radius 2 is 1.90 bits per heavy atom. The Hall–Kier alpha value is -3.20. The van der Waals surface area contributed by atoms with Gasteiger partial charge < -0.3 is 18.6 Å². The number of furan rings is 1. The van der Waals surface area contributed by atoms with Gasteiger partial charge in [-0.2, -0.15) is 0 Å². The second-order valence-electron chi connectivity index (χ2n) is 8.68. The minimum atomic E-state index is -0.841. The van der Waals surface area contributed by atoms with Gasteiger partial charge in [-0.15, -0.1) is 0 Å². The van der Waals surface area contributed by atoms with Crippen molar-refractivity contribution in [2.45, 2.75) is 37.1 Å². The number of aromatic nitrogens is 3. The molecule has 3 aromatic heterocycles. The molecule has 42 heavy (non-hydrogen) atoms. The molecule has 1 atom stereocenters. The van der Waals surface area contributed by atoms with E-state index in [1.807, 2.05) is 6.92 Å². The molecule has 0 bridgehead atoms. The SMILES string of the molecule is CCOC(=O)C1=C(C)N=c2s/c(=C/c3cc(Br)c(Sc4ncccn4)o3)c(=O)n2[C@H]1c1cc(OCC)c(OC)cc1Br. The second kappa shape index (κ2) is 13.0. The molecule has 1 aromatic carbocycles. The van der Waals surface area contributed by atoms with Crippen molar-refractivity contribution in [3.63, 3.8) is 0 Å². The van der Waals surface area contributed by atoms with Crippen LogP contribution in [0.25, 0.3) is 6.08 Å². The van der Waals surface area contributed by atoms with E-state index in [1.165, 1.54) is 27.7 Å². The van der Waals surface area contributed by atoms with Gasteiger partial charge in [-0.3, -0.25) is 9.36 Å². The number of esters is 1. The van der Waals surface area contributed by atoms with E-state index >= 15 is 0 Å². The van der Waals surface area contributed by atoms with Crippen LogP contribution in [0.15, 0.2) is 81.3 Å². The number of ether oxygens (including phenoxy) is 3. The lowest BCUT2D eigenvalue weighted by Crippen LogP contribution is -2.40. The summed E-state index contributed by atoms with van der Waals surface area (Å²) in [6.45, 7) is 5.89. The average Bonchev–Trinajstić information content (AvgIpc) is 3.46. The lowest BCUT2D eigenvalue weighted by Gasteiger charge is -2.26. The van der Waals surface area contributed by atoms with E-state index in [-0.39, 0.29) is 17.7 Å². The van der Waals surface area contributed by atoms with Crippen molar-refractivity contribution in [2.75, 3.05) is 20.3 Å². The summed E-state index contributed by atoms with van der Waals surface area (Å²) in [6, 6.07) is 6.18. The molecule has 4 aromatic rings. The summed E-state index contributed by atoms with van der Waals surface area (Å²) in [5.41, 5.74) is 0.985. The Morgan fingerprint density at radius 3 is 2.60 bits per heavy atom. The van der Waals surface area contributed by atoms with Crippen LogP contribution >= 0.6 is 55.0 Å². The van der Waals surface area contributed by atoms with Crippen molar-refractivity contribution in [3.05, 3.63) is 87.9 Å². The molecule has 0 aliphatic carbocycles. The highest BCUT2D eigenvalue weighted by Crippen LogP contribution is 2.41. The number of hydrogen-bond acceptors (Lipinski definition) is 11. The van der Waals surface area contributed by atoms with E-state index in [2.05, 4.69) is 46.8 Å². The molecular weight excluding hydrogens is 712 g/mol. The summed E-state index contributed by atoms with van der Waals surface area (Å²) in [5.74, 6) is 0.883. The summed E-state index contributed by atoms with van der Waals surface area (Å²) in [4.78, 5) is 40.8. The zero-order valence-electron chi connectivity index (χ0n) is 22.8. The second-order valence-corrected chi connectivity index (χ2v) is 12.3. The summed E-state index contributed by atoms with van der Waals surface area (Å²) >= 11 is 9.59. The van der Waals surface area contributed by atoms with Crippen molar-refractivity contribution in [1.29, 1.82) is 0 Å². The van der Waals surface area contributed by atoms with Gasteiger partial charge in [0.05, 0.1) is 46.6 Å². The molecule has 0 saturated carbocycles. The van der Waals surface area contributed by atoms with E-state index in [0.717, 1.165) is 0 Å². The monoisotopic (exact) mass is 734 g/mol. The molecule has 4 heterocycles. The van der Waals surface area contributed by atoms with Crippen molar-refractivity contribution in [3.8, 4) is 11.5 Å². The first-order valence-electron chi connectivity index (χ1n) is 12.7. The molecule has 0 N–H and O–H groups in total. The predicted octanol–water partition coefficient (Wildman–Crippen LogP) is 5.26. The van der Waals surface area contributed by atoms with Gasteiger partial charge in [0.15, 0.2) is 26.5 Å². The van der Waals surface area contributed by atoms with Crippen LogP contribution in [0.2, 0.25) is 0 Å². The predicted molar refractivity (Wildman–Crippen MR) is 165 cm³/mol. The van der Waals surface area contributed by atoms with Crippen LogP contribution in [0, 0.1) is 0 Å². The molecule has 0 amide bonds. The Labute approximate surface area is 265 Å². The highest BCUT2D eigenvalue weighted by molar-refractivity contribution is 9.10. The summed E-state index contributed by atoms with van der Waals surface area (Å²) in [7, 11) is 1.55. The van der Waals surface area contributed by atoms with Crippen LogP contribution < -0.4 is 24.4 Å². The lowest BCUT2D eigenvalue weighted by molar-refractivity contribution is -0.139. The molecule has 14 heteroatoms. The standard InChI is InChI=1S/C28H24Br2N4O6S2/c1-5-38-20-12-16(17(29)13-19(20)37-4)23-22(25(36)39-6-2)14(3)33-28-34(23)24(35)21(41-28)11-15-10-18(30)26(40-15)42-27-31-8-7-9-32-27/h7-13,23H,5-6H2,1-4H3/b21-11+/t23-/m0/s1. The van der Waals surface area contributed by atoms with E-state index < -0.39 is 12.0 Å². The van der Waals surface area contributed by atoms with Crippen LogP contribution in [0.5, 0.6) is 11.5 Å². The molecule has 0 radical (unpaired) electrons. The maximum Gasteiger partial charge on any atom is 0.338 e. The van der Waals surface area contributed by atoms with E-state index in [4.69, 9.17) is 18.6 Å². The number of rotatable bonds is 9. The number of halogens is 2. The Morgan fingerprint density at radius 1 is 1.14 bits per heavy atom. The number of nitrogens with zero attached hydrogens (tertiary/aromatic N) is 4. The van der Waals surface area contributed by atoms with Gasteiger partial charge in [-0.05, 0) is 78.3 Å². The van der Waals surface area contributed by atoms with Gasteiger partial charge in [0.1, 0.15) is 5.76 Å². The number of allylic oxidation sites excluding steroid dienone is 1. The van der Waals surface area contributed by atoms with Crippen molar-refractivity contribution in [2.24, 2.45) is 4.99 Å². The van der Waals surface area contributed by atoms with Crippen LogP contribution in [-0.4, -0.2) is 40.8 Å². The van der Waals surface area contributed by atoms with Crippen LogP contribution in [0.3, 0.4) is 0 Å². The normalized spacial score (nSPS) is 14.9. The molecule has 10 nitrogen and oxygen atoms in total. The third-order valence-corrected chi connectivity index (χ3v) is 9.47. The quantitative estimate of drug-likeness (QED) is 0.168. The minimum absolute atomic E-state index is 0.169. The van der Waals surface area contributed by atoms with Crippen molar-refractivity contribution in [1.82, 2.24) is 14.5 Å². The van der Waals surface area contributed by atoms with Gasteiger partial charge in [0.2, 0.25) is 0 Å². The molecule has 1 aliphatic heterocycles. The topological polar surface area (TPSA) is 118 Å². The molecule has 0 spiro atoms. The molecule has 0 fully saturated rings. The first-order chi connectivity index (χ1) is 20.2. The molecule has 218 valence electrons. The fourth-order valence-electron chi connectivity index (χ4n) is 4.33. The highest BCUT2D eigenvalue weighted by atomic mass is 79.9. The Bertz CT molecular complexity index is 1870. The number of carbonyl (C=O) groups is 1. The maximum absolute atomic E-state index is 14.0. The smallest absolute Gasteiger partial charge is 0.338 e. The highest BCUT2D eigenvalue weighted by Gasteiger charge is 2.35. The molecular formula is C28H24Br2N4O6S2. The molecule has 5 rings (SSSR count). The van der Waals surface area contributed by atoms with E-state index in [1.54, 1.807) is 63.7 Å². The zero-order valence-corrected chi connectivity index (χ0v) is 27.6. The number of thiazole rings is 1. The summed E-state index contributed by atoms with van der Waals surface area (Å²) in [5, 5.41) is 1.07. The summed E-state index contributed by atoms with van der Waals surface area (Å²) in [6.07, 6.45) is 4.95. The molecule has 0 saturated heterocycles. The molecule has 1 aliphatic rings. The number of benzene rings is 1. The molecule has 0 unspecified atom stereocenters. The number of methoxy groups -OCH3 is 1. The lowest BCUT2D eigenvalue weighted by atomic mass is 9.95. The van der Waals surface area contributed by atoms with Crippen molar-refractivity contribution >= 4 is 67.0 Å². The van der Waals surface area contributed by atoms with Crippen LogP contribution in [0.4, 0.5) is 0 Å². The number of fused-ring (bicyclic) bond motifs is 1. The average molecular weight is 736 g/mol. The third kappa shape index (κ3) is 5.98. The minimum Gasteiger partial charge on any atom is -0.493 e. The summed E-state index contributed by atoms with van der Waals surface area (Å²) < 4.78 is 25.9. The van der Waals surface area contributed by atoms with E-state index in [0.29, 0.717) is 63.7 Å². The first-order valence-corrected chi connectivity index (χ1v) is 15.9. The fraction of sp³-hybridized carbons (Fsp3) is 0.250. The zero-order chi connectivity index (χ0) is 30.0. The van der Waals surface area contributed by atoms with Crippen LogP contribution in [-0.2, 0) is 9.53 Å². The number of hydrogen-bond donors (Lipinski definition) is 0. The largest absolute Gasteiger partial charge is 0.493 e. The van der Waals surface area contributed by atoms with Gasteiger partial charge in [0.25, 0.3) is 5.56 Å². The fourth-order valence-corrected chi connectivity index (χ4v) is 7.14. The van der Waals surface area contributed by atoms with Gasteiger partial charge in [-0.1, -0.05) is 27.3 Å². The first kappa shape index (κ1) is 30.3. The van der Waals surface area contributed by atoms with E-state index in [9.17, 15) is 9.59 Å². The third-order valence-electron chi connectivity index (χ3n) is 6.07.